The van der Waals surface area contributed by atoms with Crippen molar-refractivity contribution in [2.45, 2.75) is 22.5 Å². The fourth-order valence-corrected chi connectivity index (χ4v) is 3.53. The second kappa shape index (κ2) is 4.47. The highest BCUT2D eigenvalue weighted by molar-refractivity contribution is 8.00. The van der Waals surface area contributed by atoms with Crippen molar-refractivity contribution in [1.29, 1.82) is 0 Å². The number of thioether (sulfide) groups is 1. The third kappa shape index (κ3) is 2.72. The molecule has 1 aliphatic carbocycles. The van der Waals surface area contributed by atoms with Crippen LogP contribution in [0.15, 0.2) is 23.4 Å². The van der Waals surface area contributed by atoms with E-state index in [1.807, 2.05) is 6.26 Å². The number of rotatable bonds is 5. The van der Waals surface area contributed by atoms with Crippen molar-refractivity contribution in [3.05, 3.63) is 18.5 Å². The van der Waals surface area contributed by atoms with Gasteiger partial charge < -0.3 is 5.73 Å². The summed E-state index contributed by atoms with van der Waals surface area (Å²) in [7, 11) is -3.55. The van der Waals surface area contributed by atoms with E-state index in [9.17, 15) is 8.42 Å². The monoisotopic (exact) mass is 273 g/mol. The van der Waals surface area contributed by atoms with E-state index >= 15 is 0 Å². The Hall–Kier alpha value is -0.790. The van der Waals surface area contributed by atoms with Gasteiger partial charge in [0.1, 0.15) is 4.90 Å². The number of sulfonamides is 1. The van der Waals surface area contributed by atoms with Gasteiger partial charge in [-0.3, -0.25) is 4.98 Å². The SMILES string of the molecule is CSC1(CNS(=O)(=O)c2cnccc2N)CC1. The molecule has 94 valence electrons. The normalized spacial score (nSPS) is 17.9. The zero-order valence-electron chi connectivity index (χ0n) is 9.51. The number of hydrogen-bond acceptors (Lipinski definition) is 5. The highest BCUT2D eigenvalue weighted by Gasteiger charge is 2.42. The van der Waals surface area contributed by atoms with Crippen molar-refractivity contribution in [3.8, 4) is 0 Å². The van der Waals surface area contributed by atoms with Crippen LogP contribution in [0.5, 0.6) is 0 Å². The molecule has 17 heavy (non-hydrogen) atoms. The molecule has 1 aromatic rings. The minimum absolute atomic E-state index is 0.0527. The van der Waals surface area contributed by atoms with Gasteiger partial charge >= 0.3 is 0 Å². The number of hydrogen-bond donors (Lipinski definition) is 2. The van der Waals surface area contributed by atoms with Crippen molar-refractivity contribution >= 4 is 27.5 Å². The van der Waals surface area contributed by atoms with Crippen LogP contribution in [0, 0.1) is 0 Å². The van der Waals surface area contributed by atoms with Crippen LogP contribution >= 0.6 is 11.8 Å². The molecule has 0 aromatic carbocycles. The molecule has 0 amide bonds. The number of nitrogens with two attached hydrogens (primary N) is 1. The van der Waals surface area contributed by atoms with Crippen molar-refractivity contribution in [2.75, 3.05) is 18.5 Å². The summed E-state index contributed by atoms with van der Waals surface area (Å²) in [6.07, 6.45) is 6.85. The fraction of sp³-hybridized carbons (Fsp3) is 0.500. The van der Waals surface area contributed by atoms with Gasteiger partial charge in [-0.15, -0.1) is 0 Å². The topological polar surface area (TPSA) is 85.1 Å². The van der Waals surface area contributed by atoms with Crippen molar-refractivity contribution < 1.29 is 8.42 Å². The van der Waals surface area contributed by atoms with Crippen molar-refractivity contribution in [2.24, 2.45) is 0 Å². The number of nitrogens with one attached hydrogen (secondary N) is 1. The summed E-state index contributed by atoms with van der Waals surface area (Å²) in [5.74, 6) is 0. The van der Waals surface area contributed by atoms with E-state index in [1.54, 1.807) is 11.8 Å². The summed E-state index contributed by atoms with van der Waals surface area (Å²) in [6, 6.07) is 1.48. The minimum atomic E-state index is -3.55. The molecule has 1 saturated carbocycles. The molecule has 1 aromatic heterocycles. The zero-order valence-corrected chi connectivity index (χ0v) is 11.1. The third-order valence-corrected chi connectivity index (χ3v) is 5.79. The molecular weight excluding hydrogens is 258 g/mol. The van der Waals surface area contributed by atoms with Crippen LogP contribution in [0.1, 0.15) is 12.8 Å². The maximum absolute atomic E-state index is 12.0. The lowest BCUT2D eigenvalue weighted by Crippen LogP contribution is -2.32. The van der Waals surface area contributed by atoms with E-state index in [-0.39, 0.29) is 15.3 Å². The molecule has 0 aliphatic heterocycles. The molecule has 0 spiro atoms. The summed E-state index contributed by atoms with van der Waals surface area (Å²) >= 11 is 1.70. The molecule has 0 radical (unpaired) electrons. The van der Waals surface area contributed by atoms with Crippen molar-refractivity contribution in [1.82, 2.24) is 9.71 Å². The predicted octanol–water partition coefficient (Wildman–Crippen LogP) is 0.838. The Morgan fingerprint density at radius 2 is 2.29 bits per heavy atom. The smallest absolute Gasteiger partial charge is 0.244 e. The lowest BCUT2D eigenvalue weighted by atomic mass is 10.4. The Balaban J connectivity index is 2.12. The summed E-state index contributed by atoms with van der Waals surface area (Å²) in [6.45, 7) is 0.449. The van der Waals surface area contributed by atoms with Gasteiger partial charge in [-0.2, -0.15) is 11.8 Å². The van der Waals surface area contributed by atoms with Gasteiger partial charge in [-0.25, -0.2) is 13.1 Å². The lowest BCUT2D eigenvalue weighted by molar-refractivity contribution is 0.580. The van der Waals surface area contributed by atoms with Gasteiger partial charge in [0.25, 0.3) is 0 Å². The van der Waals surface area contributed by atoms with E-state index in [0.29, 0.717) is 6.54 Å². The van der Waals surface area contributed by atoms with Gasteiger partial charge in [0.2, 0.25) is 10.0 Å². The first-order valence-corrected chi connectivity index (χ1v) is 7.94. The summed E-state index contributed by atoms with van der Waals surface area (Å²) in [4.78, 5) is 3.84. The average molecular weight is 273 g/mol. The Kier molecular flexibility index (Phi) is 3.33. The fourth-order valence-electron chi connectivity index (χ4n) is 1.51. The van der Waals surface area contributed by atoms with Gasteiger partial charge in [0, 0.05) is 23.7 Å². The minimum Gasteiger partial charge on any atom is -0.398 e. The number of anilines is 1. The Bertz CT molecular complexity index is 512. The molecule has 0 bridgehead atoms. The van der Waals surface area contributed by atoms with Crippen LogP contribution in [-0.4, -0.2) is 30.9 Å². The van der Waals surface area contributed by atoms with Crippen LogP contribution in [0.2, 0.25) is 0 Å². The summed E-state index contributed by atoms with van der Waals surface area (Å²) in [5.41, 5.74) is 5.85. The second-order valence-electron chi connectivity index (χ2n) is 4.13. The number of nitrogens with zero attached hydrogens (tertiary/aromatic N) is 1. The molecule has 0 unspecified atom stereocenters. The van der Waals surface area contributed by atoms with Crippen LogP contribution in [0.25, 0.3) is 0 Å². The molecule has 5 nitrogen and oxygen atoms in total. The Morgan fingerprint density at radius 3 is 2.82 bits per heavy atom. The first-order chi connectivity index (χ1) is 7.99. The maximum Gasteiger partial charge on any atom is 0.244 e. The van der Waals surface area contributed by atoms with Gasteiger partial charge in [-0.1, -0.05) is 0 Å². The Labute approximate surface area is 105 Å². The molecule has 1 aliphatic rings. The molecule has 3 N–H and O–H groups in total. The van der Waals surface area contributed by atoms with Crippen LogP contribution in [0.3, 0.4) is 0 Å². The highest BCUT2D eigenvalue weighted by atomic mass is 32.2. The summed E-state index contributed by atoms with van der Waals surface area (Å²) < 4.78 is 26.7. The van der Waals surface area contributed by atoms with Gasteiger partial charge in [0.15, 0.2) is 0 Å². The predicted molar refractivity (Wildman–Crippen MR) is 69.3 cm³/mol. The quantitative estimate of drug-likeness (QED) is 0.830. The molecule has 0 saturated heterocycles. The van der Waals surface area contributed by atoms with E-state index in [1.165, 1.54) is 18.5 Å². The summed E-state index contributed by atoms with van der Waals surface area (Å²) in [5, 5.41) is 0. The highest BCUT2D eigenvalue weighted by Crippen LogP contribution is 2.46. The average Bonchev–Trinajstić information content (AvgIpc) is 3.08. The van der Waals surface area contributed by atoms with E-state index in [2.05, 4.69) is 9.71 Å². The lowest BCUT2D eigenvalue weighted by Gasteiger charge is -2.14. The van der Waals surface area contributed by atoms with Crippen LogP contribution < -0.4 is 10.5 Å². The molecule has 1 fully saturated rings. The van der Waals surface area contributed by atoms with Crippen LogP contribution in [-0.2, 0) is 10.0 Å². The molecule has 2 rings (SSSR count). The number of aromatic nitrogens is 1. The van der Waals surface area contributed by atoms with E-state index in [0.717, 1.165) is 12.8 Å². The molecule has 0 atom stereocenters. The largest absolute Gasteiger partial charge is 0.398 e. The van der Waals surface area contributed by atoms with Crippen LogP contribution in [0.4, 0.5) is 5.69 Å². The Morgan fingerprint density at radius 1 is 1.59 bits per heavy atom. The zero-order chi connectivity index (χ0) is 12.5. The first-order valence-electron chi connectivity index (χ1n) is 5.23. The second-order valence-corrected chi connectivity index (χ2v) is 7.13. The molecule has 7 heteroatoms. The van der Waals surface area contributed by atoms with E-state index in [4.69, 9.17) is 5.73 Å². The maximum atomic E-state index is 12.0. The first kappa shape index (κ1) is 12.7. The third-order valence-electron chi connectivity index (χ3n) is 2.93. The van der Waals surface area contributed by atoms with E-state index < -0.39 is 10.0 Å². The standard InChI is InChI=1S/C10H15N3O2S2/c1-16-10(3-4-10)7-13-17(14,15)9-6-12-5-2-8(9)11/h2,5-6,13H,3-4,7H2,1H3,(H2,11,12). The number of nitrogen functional groups attached to an aromatic ring is 1. The molecular formula is C10H15N3O2S2. The van der Waals surface area contributed by atoms with Gasteiger partial charge in [0.05, 0.1) is 5.69 Å². The molecule has 1 heterocycles. The van der Waals surface area contributed by atoms with Crippen molar-refractivity contribution in [3.63, 3.8) is 0 Å². The van der Waals surface area contributed by atoms with Gasteiger partial charge in [-0.05, 0) is 25.2 Å². The number of pyridine rings is 1.